The normalized spacial score (nSPS) is 22.4. The molecule has 0 bridgehead atoms. The fourth-order valence-corrected chi connectivity index (χ4v) is 2.98. The first-order valence-corrected chi connectivity index (χ1v) is 7.30. The van der Waals surface area contributed by atoms with E-state index in [4.69, 9.17) is 11.6 Å². The molecule has 0 saturated carbocycles. The van der Waals surface area contributed by atoms with E-state index < -0.39 is 0 Å². The van der Waals surface area contributed by atoms with Gasteiger partial charge in [-0.25, -0.2) is 0 Å². The van der Waals surface area contributed by atoms with Gasteiger partial charge in [0.25, 0.3) is 0 Å². The molecule has 4 nitrogen and oxygen atoms in total. The Kier molecular flexibility index (Phi) is 4.87. The second-order valence-electron chi connectivity index (χ2n) is 5.22. The smallest absolute Gasteiger partial charge is 0.134 e. The Balaban J connectivity index is 2.17. The van der Waals surface area contributed by atoms with Crippen LogP contribution in [0.25, 0.3) is 0 Å². The van der Waals surface area contributed by atoms with E-state index in [1.165, 1.54) is 0 Å². The Hall–Kier alpha value is -1.28. The van der Waals surface area contributed by atoms with E-state index in [0.29, 0.717) is 11.1 Å². The Morgan fingerprint density at radius 2 is 2.25 bits per heavy atom. The first-order valence-electron chi connectivity index (χ1n) is 6.93. The first kappa shape index (κ1) is 15.1. The summed E-state index contributed by atoms with van der Waals surface area (Å²) < 4.78 is 0. The van der Waals surface area contributed by atoms with E-state index >= 15 is 0 Å². The number of likely N-dealkylation sites (N-methyl/N-ethyl adjacent to an activating group) is 1. The maximum atomic E-state index is 9.49. The molecule has 1 saturated heterocycles. The highest BCUT2D eigenvalue weighted by Crippen LogP contribution is 2.30. The van der Waals surface area contributed by atoms with E-state index in [2.05, 4.69) is 29.7 Å². The highest BCUT2D eigenvalue weighted by atomic mass is 35.5. The number of benzene rings is 1. The van der Waals surface area contributed by atoms with Crippen LogP contribution in [0.1, 0.15) is 25.5 Å². The van der Waals surface area contributed by atoms with Gasteiger partial charge in [-0.1, -0.05) is 24.6 Å². The van der Waals surface area contributed by atoms with Gasteiger partial charge in [0.2, 0.25) is 0 Å². The molecular formula is C15H20ClN3O. The number of piperazine rings is 1. The number of hydrogen-bond donors (Lipinski definition) is 1. The maximum Gasteiger partial charge on any atom is 0.134 e. The number of phenols is 1. The van der Waals surface area contributed by atoms with Crippen molar-refractivity contribution in [2.45, 2.75) is 25.9 Å². The van der Waals surface area contributed by atoms with E-state index in [0.717, 1.165) is 31.7 Å². The number of rotatable bonds is 3. The van der Waals surface area contributed by atoms with Crippen LogP contribution in [-0.4, -0.2) is 47.1 Å². The van der Waals surface area contributed by atoms with Gasteiger partial charge >= 0.3 is 0 Å². The van der Waals surface area contributed by atoms with E-state index in [1.807, 2.05) is 0 Å². The molecule has 1 aromatic carbocycles. The van der Waals surface area contributed by atoms with Crippen molar-refractivity contribution in [3.8, 4) is 11.8 Å². The van der Waals surface area contributed by atoms with E-state index in [9.17, 15) is 10.4 Å². The van der Waals surface area contributed by atoms with Crippen molar-refractivity contribution >= 4 is 11.6 Å². The Labute approximate surface area is 125 Å². The average molecular weight is 294 g/mol. The number of aromatic hydroxyl groups is 1. The van der Waals surface area contributed by atoms with Crippen molar-refractivity contribution in [2.24, 2.45) is 0 Å². The highest BCUT2D eigenvalue weighted by Gasteiger charge is 2.28. The minimum absolute atomic E-state index is 0.0521. The molecular weight excluding hydrogens is 274 g/mol. The number of phenolic OH excluding ortho intramolecular Hbond substituents is 1. The zero-order valence-corrected chi connectivity index (χ0v) is 12.6. The molecule has 0 amide bonds. The summed E-state index contributed by atoms with van der Waals surface area (Å²) in [6.07, 6.45) is 0. The molecule has 0 spiro atoms. The lowest BCUT2D eigenvalue weighted by Crippen LogP contribution is -2.52. The topological polar surface area (TPSA) is 50.5 Å². The summed E-state index contributed by atoms with van der Waals surface area (Å²) in [5.74, 6) is 0.0521. The van der Waals surface area contributed by atoms with Gasteiger partial charge < -0.3 is 5.11 Å². The van der Waals surface area contributed by atoms with Crippen molar-refractivity contribution in [1.29, 1.82) is 5.26 Å². The molecule has 1 aliphatic rings. The fourth-order valence-electron chi connectivity index (χ4n) is 2.79. The van der Waals surface area contributed by atoms with Crippen LogP contribution in [0.3, 0.4) is 0 Å². The minimum atomic E-state index is -0.311. The molecule has 5 heteroatoms. The number of hydrogen-bond acceptors (Lipinski definition) is 4. The highest BCUT2D eigenvalue weighted by molar-refractivity contribution is 6.32. The monoisotopic (exact) mass is 293 g/mol. The lowest BCUT2D eigenvalue weighted by molar-refractivity contribution is 0.0730. The third-order valence-corrected chi connectivity index (χ3v) is 4.28. The zero-order chi connectivity index (χ0) is 14.7. The van der Waals surface area contributed by atoms with Gasteiger partial charge in [0.15, 0.2) is 0 Å². The average Bonchev–Trinajstić information content (AvgIpc) is 2.44. The van der Waals surface area contributed by atoms with Crippen LogP contribution in [-0.2, 0) is 0 Å². The largest absolute Gasteiger partial charge is 0.506 e. The number of halogens is 1. The Morgan fingerprint density at radius 1 is 1.50 bits per heavy atom. The van der Waals surface area contributed by atoms with Gasteiger partial charge in [-0.15, -0.1) is 0 Å². The van der Waals surface area contributed by atoms with Gasteiger partial charge in [0.05, 0.1) is 11.1 Å². The molecule has 20 heavy (non-hydrogen) atoms. The van der Waals surface area contributed by atoms with E-state index in [-0.39, 0.29) is 11.8 Å². The summed E-state index contributed by atoms with van der Waals surface area (Å²) >= 11 is 5.94. The molecule has 1 aliphatic heterocycles. The van der Waals surface area contributed by atoms with Gasteiger partial charge in [0.1, 0.15) is 11.8 Å². The predicted molar refractivity (Wildman–Crippen MR) is 79.8 cm³/mol. The maximum absolute atomic E-state index is 9.49. The third-order valence-electron chi connectivity index (χ3n) is 3.98. The molecule has 1 heterocycles. The second-order valence-corrected chi connectivity index (χ2v) is 5.62. The van der Waals surface area contributed by atoms with Crippen molar-refractivity contribution < 1.29 is 5.11 Å². The summed E-state index contributed by atoms with van der Waals surface area (Å²) in [5.41, 5.74) is 0.840. The van der Waals surface area contributed by atoms with Gasteiger partial charge in [-0.05, 0) is 31.2 Å². The standard InChI is InChI=1S/C15H20ClN3O/c1-3-18-6-7-19(10-11(18)2)14(9-17)12-4-5-15(20)13(16)8-12/h4-5,8,11,14,20H,3,6-7,10H2,1-2H3. The predicted octanol–water partition coefficient (Wildman–Crippen LogP) is 2.64. The van der Waals surface area contributed by atoms with Crippen LogP contribution in [0.15, 0.2) is 18.2 Å². The lowest BCUT2D eigenvalue weighted by atomic mass is 10.0. The summed E-state index contributed by atoms with van der Waals surface area (Å²) in [7, 11) is 0. The van der Waals surface area contributed by atoms with E-state index in [1.54, 1.807) is 18.2 Å². The molecule has 2 atom stereocenters. The second kappa shape index (κ2) is 6.45. The van der Waals surface area contributed by atoms with Crippen LogP contribution >= 0.6 is 11.6 Å². The molecule has 1 fully saturated rings. The van der Waals surface area contributed by atoms with Gasteiger partial charge in [-0.3, -0.25) is 9.80 Å². The van der Waals surface area contributed by atoms with Crippen LogP contribution in [0, 0.1) is 11.3 Å². The number of nitriles is 1. The lowest BCUT2D eigenvalue weighted by Gasteiger charge is -2.41. The molecule has 0 aromatic heterocycles. The van der Waals surface area contributed by atoms with Crippen molar-refractivity contribution in [1.82, 2.24) is 9.80 Å². The molecule has 1 aromatic rings. The first-order chi connectivity index (χ1) is 9.56. The molecule has 2 unspecified atom stereocenters. The molecule has 0 aliphatic carbocycles. The van der Waals surface area contributed by atoms with Crippen LogP contribution in [0.5, 0.6) is 5.75 Å². The summed E-state index contributed by atoms with van der Waals surface area (Å²) in [6.45, 7) is 8.10. The quantitative estimate of drug-likeness (QED) is 0.931. The zero-order valence-electron chi connectivity index (χ0n) is 11.9. The number of nitrogens with zero attached hydrogens (tertiary/aromatic N) is 3. The fraction of sp³-hybridized carbons (Fsp3) is 0.533. The van der Waals surface area contributed by atoms with Crippen molar-refractivity contribution in [3.05, 3.63) is 28.8 Å². The van der Waals surface area contributed by atoms with Crippen molar-refractivity contribution in [3.63, 3.8) is 0 Å². The summed E-state index contributed by atoms with van der Waals surface area (Å²) in [6, 6.07) is 7.49. The summed E-state index contributed by atoms with van der Waals surface area (Å²) in [4.78, 5) is 4.59. The Morgan fingerprint density at radius 3 is 2.80 bits per heavy atom. The Bertz CT molecular complexity index is 514. The van der Waals surface area contributed by atoms with Gasteiger partial charge in [0, 0.05) is 25.7 Å². The van der Waals surface area contributed by atoms with Crippen LogP contribution < -0.4 is 0 Å². The molecule has 1 N–H and O–H groups in total. The van der Waals surface area contributed by atoms with Crippen LogP contribution in [0.4, 0.5) is 0 Å². The van der Waals surface area contributed by atoms with Crippen molar-refractivity contribution in [2.75, 3.05) is 26.2 Å². The molecule has 108 valence electrons. The van der Waals surface area contributed by atoms with Crippen LogP contribution in [0.2, 0.25) is 5.02 Å². The third kappa shape index (κ3) is 3.06. The molecule has 2 rings (SSSR count). The SMILES string of the molecule is CCN1CCN(C(C#N)c2ccc(O)c(Cl)c2)CC1C. The molecule has 0 radical (unpaired) electrons. The summed E-state index contributed by atoms with van der Waals surface area (Å²) in [5, 5.41) is 19.3. The minimum Gasteiger partial charge on any atom is -0.506 e. The van der Waals surface area contributed by atoms with Gasteiger partial charge in [-0.2, -0.15) is 5.26 Å².